The lowest BCUT2D eigenvalue weighted by atomic mass is 9.95. The topological polar surface area (TPSA) is 29.0 Å². The summed E-state index contributed by atoms with van der Waals surface area (Å²) in [4.78, 5) is 11.1. The number of anilines is 1. The highest BCUT2D eigenvalue weighted by Gasteiger charge is 2.29. The third-order valence-electron chi connectivity index (χ3n) is 3.79. The summed E-state index contributed by atoms with van der Waals surface area (Å²) in [6.45, 7) is 7.59. The van der Waals surface area contributed by atoms with Crippen molar-refractivity contribution in [3.63, 3.8) is 0 Å². The third-order valence-corrected chi connectivity index (χ3v) is 3.98. The standard InChI is InChI=1S/C14H22ClN3/c1-4-6-10(2)12-7-5-8-18(12)14-9-13(15)16-11(3)17-14/h9-10,12H,4-8H2,1-3H3. The molecule has 1 aromatic rings. The molecule has 2 atom stereocenters. The van der Waals surface area contributed by atoms with E-state index in [4.69, 9.17) is 11.6 Å². The van der Waals surface area contributed by atoms with Crippen LogP contribution >= 0.6 is 11.6 Å². The minimum Gasteiger partial charge on any atom is -0.353 e. The van der Waals surface area contributed by atoms with Crippen molar-refractivity contribution < 1.29 is 0 Å². The summed E-state index contributed by atoms with van der Waals surface area (Å²) in [5.74, 6) is 2.47. The van der Waals surface area contributed by atoms with Crippen molar-refractivity contribution in [3.8, 4) is 0 Å². The van der Waals surface area contributed by atoms with Crippen LogP contribution in [0.2, 0.25) is 5.15 Å². The van der Waals surface area contributed by atoms with Crippen molar-refractivity contribution in [1.29, 1.82) is 0 Å². The van der Waals surface area contributed by atoms with Gasteiger partial charge in [0.25, 0.3) is 0 Å². The number of halogens is 1. The van der Waals surface area contributed by atoms with Gasteiger partial charge < -0.3 is 4.90 Å². The van der Waals surface area contributed by atoms with Crippen LogP contribution in [0.25, 0.3) is 0 Å². The maximum atomic E-state index is 6.04. The first kappa shape index (κ1) is 13.6. The van der Waals surface area contributed by atoms with E-state index in [1.165, 1.54) is 25.7 Å². The zero-order valence-corrected chi connectivity index (χ0v) is 12.2. The largest absolute Gasteiger partial charge is 0.353 e. The van der Waals surface area contributed by atoms with Crippen molar-refractivity contribution >= 4 is 17.4 Å². The fourth-order valence-corrected chi connectivity index (χ4v) is 3.20. The van der Waals surface area contributed by atoms with E-state index in [0.717, 1.165) is 18.2 Å². The summed E-state index contributed by atoms with van der Waals surface area (Å²) in [5, 5.41) is 0.547. The van der Waals surface area contributed by atoms with Crippen molar-refractivity contribution in [2.24, 2.45) is 5.92 Å². The number of aromatic nitrogens is 2. The van der Waals surface area contributed by atoms with Gasteiger partial charge in [-0.2, -0.15) is 0 Å². The molecular formula is C14H22ClN3. The second kappa shape index (κ2) is 5.87. The number of nitrogens with zero attached hydrogens (tertiary/aromatic N) is 3. The molecule has 1 saturated heterocycles. The second-order valence-electron chi connectivity index (χ2n) is 5.27. The second-order valence-corrected chi connectivity index (χ2v) is 5.65. The molecule has 2 rings (SSSR count). The summed E-state index contributed by atoms with van der Waals surface area (Å²) < 4.78 is 0. The molecule has 0 N–H and O–H groups in total. The fourth-order valence-electron chi connectivity index (χ4n) is 2.98. The molecule has 4 heteroatoms. The van der Waals surface area contributed by atoms with Gasteiger partial charge in [-0.25, -0.2) is 9.97 Å². The molecular weight excluding hydrogens is 246 g/mol. The predicted octanol–water partition coefficient (Wildman–Crippen LogP) is 3.84. The Labute approximate surface area is 115 Å². The quantitative estimate of drug-likeness (QED) is 0.776. The smallest absolute Gasteiger partial charge is 0.134 e. The summed E-state index contributed by atoms with van der Waals surface area (Å²) in [7, 11) is 0. The Morgan fingerprint density at radius 1 is 1.50 bits per heavy atom. The number of hydrogen-bond donors (Lipinski definition) is 0. The SMILES string of the molecule is CCCC(C)C1CCCN1c1cc(Cl)nc(C)n1. The van der Waals surface area contributed by atoms with Gasteiger partial charge in [0.05, 0.1) is 0 Å². The van der Waals surface area contributed by atoms with E-state index < -0.39 is 0 Å². The highest BCUT2D eigenvalue weighted by atomic mass is 35.5. The summed E-state index contributed by atoms with van der Waals surface area (Å²) in [6, 6.07) is 2.50. The van der Waals surface area contributed by atoms with Crippen molar-refractivity contribution in [1.82, 2.24) is 9.97 Å². The van der Waals surface area contributed by atoms with E-state index in [1.54, 1.807) is 0 Å². The van der Waals surface area contributed by atoms with Crippen LogP contribution < -0.4 is 4.90 Å². The van der Waals surface area contributed by atoms with Crippen LogP contribution in [0.3, 0.4) is 0 Å². The predicted molar refractivity (Wildman–Crippen MR) is 76.2 cm³/mol. The third kappa shape index (κ3) is 2.94. The van der Waals surface area contributed by atoms with Crippen LogP contribution in [-0.4, -0.2) is 22.6 Å². The van der Waals surface area contributed by atoms with Crippen LogP contribution in [0.1, 0.15) is 45.4 Å². The van der Waals surface area contributed by atoms with E-state index >= 15 is 0 Å². The van der Waals surface area contributed by atoms with Crippen molar-refractivity contribution in [3.05, 3.63) is 17.0 Å². The number of hydrogen-bond acceptors (Lipinski definition) is 3. The van der Waals surface area contributed by atoms with E-state index in [9.17, 15) is 0 Å². The van der Waals surface area contributed by atoms with E-state index in [2.05, 4.69) is 28.7 Å². The Bertz CT molecular complexity index is 388. The van der Waals surface area contributed by atoms with Crippen LogP contribution in [0.15, 0.2) is 6.07 Å². The van der Waals surface area contributed by atoms with E-state index in [-0.39, 0.29) is 0 Å². The van der Waals surface area contributed by atoms with Gasteiger partial charge >= 0.3 is 0 Å². The molecule has 0 radical (unpaired) electrons. The first-order valence-electron chi connectivity index (χ1n) is 6.89. The molecule has 2 unspecified atom stereocenters. The van der Waals surface area contributed by atoms with Gasteiger partial charge in [-0.1, -0.05) is 31.9 Å². The molecule has 0 amide bonds. The molecule has 0 spiro atoms. The zero-order valence-electron chi connectivity index (χ0n) is 11.5. The van der Waals surface area contributed by atoms with Gasteiger partial charge in [0.2, 0.25) is 0 Å². The Hall–Kier alpha value is -0.830. The Morgan fingerprint density at radius 3 is 2.94 bits per heavy atom. The molecule has 0 aromatic carbocycles. The lowest BCUT2D eigenvalue weighted by Crippen LogP contribution is -2.35. The van der Waals surface area contributed by atoms with Crippen LogP contribution in [0.5, 0.6) is 0 Å². The number of rotatable bonds is 4. The monoisotopic (exact) mass is 267 g/mol. The molecule has 3 nitrogen and oxygen atoms in total. The summed E-state index contributed by atoms with van der Waals surface area (Å²) in [6.07, 6.45) is 5.04. The van der Waals surface area contributed by atoms with E-state index in [0.29, 0.717) is 17.1 Å². The molecule has 1 aliphatic rings. The first-order valence-corrected chi connectivity index (χ1v) is 7.27. The molecule has 0 saturated carbocycles. The van der Waals surface area contributed by atoms with Gasteiger partial charge in [0, 0.05) is 18.7 Å². The molecule has 1 fully saturated rings. The first-order chi connectivity index (χ1) is 8.61. The van der Waals surface area contributed by atoms with Gasteiger partial charge in [-0.3, -0.25) is 0 Å². The summed E-state index contributed by atoms with van der Waals surface area (Å²) >= 11 is 6.04. The Kier molecular flexibility index (Phi) is 4.44. The lowest BCUT2D eigenvalue weighted by molar-refractivity contribution is 0.420. The molecule has 100 valence electrons. The van der Waals surface area contributed by atoms with Gasteiger partial charge in [-0.15, -0.1) is 0 Å². The Morgan fingerprint density at radius 2 is 2.28 bits per heavy atom. The minimum absolute atomic E-state index is 0.547. The summed E-state index contributed by atoms with van der Waals surface area (Å²) in [5.41, 5.74) is 0. The molecule has 2 heterocycles. The fraction of sp³-hybridized carbons (Fsp3) is 0.714. The lowest BCUT2D eigenvalue weighted by Gasteiger charge is -2.30. The van der Waals surface area contributed by atoms with Crippen LogP contribution in [-0.2, 0) is 0 Å². The molecule has 1 aromatic heterocycles. The van der Waals surface area contributed by atoms with E-state index in [1.807, 2.05) is 13.0 Å². The van der Waals surface area contributed by atoms with Gasteiger partial charge in [0.15, 0.2) is 0 Å². The van der Waals surface area contributed by atoms with Crippen molar-refractivity contribution in [2.75, 3.05) is 11.4 Å². The van der Waals surface area contributed by atoms with Crippen LogP contribution in [0, 0.1) is 12.8 Å². The maximum absolute atomic E-state index is 6.04. The highest BCUT2D eigenvalue weighted by Crippen LogP contribution is 2.31. The van der Waals surface area contributed by atoms with Crippen molar-refractivity contribution in [2.45, 2.75) is 52.5 Å². The highest BCUT2D eigenvalue weighted by molar-refractivity contribution is 6.29. The average molecular weight is 268 g/mol. The average Bonchev–Trinajstić information content (AvgIpc) is 2.76. The molecule has 18 heavy (non-hydrogen) atoms. The zero-order chi connectivity index (χ0) is 13.1. The van der Waals surface area contributed by atoms with Gasteiger partial charge in [0.1, 0.15) is 16.8 Å². The van der Waals surface area contributed by atoms with Crippen LogP contribution in [0.4, 0.5) is 5.82 Å². The Balaban J connectivity index is 2.20. The molecule has 0 bridgehead atoms. The normalized spacial score (nSPS) is 21.3. The maximum Gasteiger partial charge on any atom is 0.134 e. The molecule has 0 aliphatic carbocycles. The number of aryl methyl sites for hydroxylation is 1. The molecule has 1 aliphatic heterocycles. The van der Waals surface area contributed by atoms with Gasteiger partial charge in [-0.05, 0) is 32.1 Å². The minimum atomic E-state index is 0.547.